The predicted molar refractivity (Wildman–Crippen MR) is 80.8 cm³/mol. The molecule has 1 unspecified atom stereocenters. The normalized spacial score (nSPS) is 17.4. The molecule has 2 aromatic rings. The number of phenolic OH excluding ortho intramolecular Hbond substituents is 2. The summed E-state index contributed by atoms with van der Waals surface area (Å²) in [6.45, 7) is 1.99. The molecule has 0 saturated carbocycles. The Morgan fingerprint density at radius 3 is 2.71 bits per heavy atom. The van der Waals surface area contributed by atoms with Crippen molar-refractivity contribution < 1.29 is 15.0 Å². The zero-order valence-electron chi connectivity index (χ0n) is 11.8. The Morgan fingerprint density at radius 2 is 1.90 bits per heavy atom. The SMILES string of the molecule is CC1CCc2ccccc2N1C(=O)c1cccc(O)c1O. The Bertz CT molecular complexity index is 696. The Balaban J connectivity index is 2.07. The molecule has 0 saturated heterocycles. The van der Waals surface area contributed by atoms with Crippen LogP contribution in [0.25, 0.3) is 0 Å². The van der Waals surface area contributed by atoms with E-state index in [-0.39, 0.29) is 29.0 Å². The maximum Gasteiger partial charge on any atom is 0.262 e. The molecule has 1 atom stereocenters. The summed E-state index contributed by atoms with van der Waals surface area (Å²) >= 11 is 0. The number of amides is 1. The van der Waals surface area contributed by atoms with Crippen LogP contribution < -0.4 is 4.90 Å². The Morgan fingerprint density at radius 1 is 1.14 bits per heavy atom. The quantitative estimate of drug-likeness (QED) is 0.791. The summed E-state index contributed by atoms with van der Waals surface area (Å²) in [7, 11) is 0. The van der Waals surface area contributed by atoms with E-state index in [9.17, 15) is 15.0 Å². The minimum atomic E-state index is -0.363. The fourth-order valence-corrected chi connectivity index (χ4v) is 2.83. The van der Waals surface area contributed by atoms with Gasteiger partial charge in [-0.15, -0.1) is 0 Å². The third-order valence-corrected chi connectivity index (χ3v) is 3.99. The van der Waals surface area contributed by atoms with E-state index in [1.54, 1.807) is 11.0 Å². The van der Waals surface area contributed by atoms with E-state index in [0.29, 0.717) is 0 Å². The smallest absolute Gasteiger partial charge is 0.262 e. The van der Waals surface area contributed by atoms with E-state index in [2.05, 4.69) is 0 Å². The number of rotatable bonds is 1. The van der Waals surface area contributed by atoms with Gasteiger partial charge >= 0.3 is 0 Å². The highest BCUT2D eigenvalue weighted by molar-refractivity contribution is 6.09. The van der Waals surface area contributed by atoms with E-state index < -0.39 is 0 Å². The minimum Gasteiger partial charge on any atom is -0.504 e. The van der Waals surface area contributed by atoms with Crippen molar-refractivity contribution in [3.63, 3.8) is 0 Å². The first-order valence-corrected chi connectivity index (χ1v) is 7.02. The number of nitrogens with zero attached hydrogens (tertiary/aromatic N) is 1. The van der Waals surface area contributed by atoms with Crippen LogP contribution in [-0.2, 0) is 6.42 Å². The van der Waals surface area contributed by atoms with Gasteiger partial charge in [0.05, 0.1) is 5.56 Å². The molecule has 0 radical (unpaired) electrons. The first-order chi connectivity index (χ1) is 10.1. The fraction of sp³-hybridized carbons (Fsp3) is 0.235. The summed E-state index contributed by atoms with van der Waals surface area (Å²) in [6, 6.07) is 12.3. The molecule has 0 aromatic heterocycles. The molecule has 1 heterocycles. The van der Waals surface area contributed by atoms with Crippen LogP contribution in [-0.4, -0.2) is 22.2 Å². The Hall–Kier alpha value is -2.49. The second-order valence-corrected chi connectivity index (χ2v) is 5.36. The van der Waals surface area contributed by atoms with Crippen molar-refractivity contribution in [2.45, 2.75) is 25.8 Å². The van der Waals surface area contributed by atoms with Crippen molar-refractivity contribution in [1.29, 1.82) is 0 Å². The standard InChI is InChI=1S/C17H17NO3/c1-11-9-10-12-5-2-3-7-14(12)18(11)17(21)13-6-4-8-15(19)16(13)20/h2-8,11,19-20H,9-10H2,1H3. The van der Waals surface area contributed by atoms with Crippen molar-refractivity contribution >= 4 is 11.6 Å². The van der Waals surface area contributed by atoms with Crippen LogP contribution in [0.5, 0.6) is 11.5 Å². The van der Waals surface area contributed by atoms with Gasteiger partial charge in [0.1, 0.15) is 0 Å². The number of phenols is 2. The molecule has 4 heteroatoms. The maximum atomic E-state index is 12.8. The van der Waals surface area contributed by atoms with Crippen molar-refractivity contribution in [1.82, 2.24) is 0 Å². The third kappa shape index (κ3) is 2.23. The second kappa shape index (κ2) is 5.13. The molecule has 21 heavy (non-hydrogen) atoms. The van der Waals surface area contributed by atoms with Gasteiger partial charge in [-0.3, -0.25) is 4.79 Å². The molecule has 108 valence electrons. The van der Waals surface area contributed by atoms with Gasteiger partial charge in [-0.1, -0.05) is 24.3 Å². The van der Waals surface area contributed by atoms with Crippen molar-refractivity contribution in [3.8, 4) is 11.5 Å². The van der Waals surface area contributed by atoms with Gasteiger partial charge in [-0.05, 0) is 43.5 Å². The number of anilines is 1. The number of para-hydroxylation sites is 2. The molecule has 4 nitrogen and oxygen atoms in total. The number of carbonyl (C=O) groups excluding carboxylic acids is 1. The van der Waals surface area contributed by atoms with Crippen molar-refractivity contribution in [2.75, 3.05) is 4.90 Å². The number of hydrogen-bond acceptors (Lipinski definition) is 3. The number of aromatic hydroxyl groups is 2. The number of aryl methyl sites for hydroxylation is 1. The number of fused-ring (bicyclic) bond motifs is 1. The van der Waals surface area contributed by atoms with Gasteiger partial charge in [0.25, 0.3) is 5.91 Å². The molecular formula is C17H17NO3. The number of carbonyl (C=O) groups is 1. The highest BCUT2D eigenvalue weighted by atomic mass is 16.3. The van der Waals surface area contributed by atoms with E-state index in [1.807, 2.05) is 31.2 Å². The minimum absolute atomic E-state index is 0.0501. The van der Waals surface area contributed by atoms with Gasteiger partial charge in [0.15, 0.2) is 11.5 Å². The molecular weight excluding hydrogens is 266 g/mol. The van der Waals surface area contributed by atoms with Crippen LogP contribution in [0.3, 0.4) is 0 Å². The van der Waals surface area contributed by atoms with E-state index in [0.717, 1.165) is 24.1 Å². The molecule has 1 aliphatic heterocycles. The summed E-state index contributed by atoms with van der Waals surface area (Å²) in [5.41, 5.74) is 2.13. The Labute approximate surface area is 123 Å². The van der Waals surface area contributed by atoms with Gasteiger partial charge in [0.2, 0.25) is 0 Å². The van der Waals surface area contributed by atoms with E-state index in [1.165, 1.54) is 12.1 Å². The highest BCUT2D eigenvalue weighted by Crippen LogP contribution is 2.35. The van der Waals surface area contributed by atoms with Crippen LogP contribution in [0.15, 0.2) is 42.5 Å². The van der Waals surface area contributed by atoms with Gasteiger partial charge < -0.3 is 15.1 Å². The molecule has 2 N–H and O–H groups in total. The predicted octanol–water partition coefficient (Wildman–Crippen LogP) is 3.08. The van der Waals surface area contributed by atoms with E-state index in [4.69, 9.17) is 0 Å². The van der Waals surface area contributed by atoms with Crippen LogP contribution >= 0.6 is 0 Å². The molecule has 0 bridgehead atoms. The van der Waals surface area contributed by atoms with Gasteiger partial charge in [-0.2, -0.15) is 0 Å². The molecule has 2 aromatic carbocycles. The third-order valence-electron chi connectivity index (χ3n) is 3.99. The number of hydrogen-bond donors (Lipinski definition) is 2. The zero-order chi connectivity index (χ0) is 15.0. The average molecular weight is 283 g/mol. The molecule has 0 spiro atoms. The summed E-state index contributed by atoms with van der Waals surface area (Å²) < 4.78 is 0. The molecule has 3 rings (SSSR count). The first kappa shape index (κ1) is 13.5. The van der Waals surface area contributed by atoms with Gasteiger partial charge in [-0.25, -0.2) is 0 Å². The second-order valence-electron chi connectivity index (χ2n) is 5.36. The van der Waals surface area contributed by atoms with Crippen LogP contribution in [0, 0.1) is 0 Å². The van der Waals surface area contributed by atoms with Crippen molar-refractivity contribution in [3.05, 3.63) is 53.6 Å². The summed E-state index contributed by atoms with van der Waals surface area (Å²) in [4.78, 5) is 14.5. The molecule has 0 fully saturated rings. The fourth-order valence-electron chi connectivity index (χ4n) is 2.83. The average Bonchev–Trinajstić information content (AvgIpc) is 2.49. The molecule has 0 aliphatic carbocycles. The van der Waals surface area contributed by atoms with Crippen LogP contribution in [0.2, 0.25) is 0 Å². The lowest BCUT2D eigenvalue weighted by molar-refractivity contribution is 0.0972. The first-order valence-electron chi connectivity index (χ1n) is 7.02. The van der Waals surface area contributed by atoms with Crippen LogP contribution in [0.4, 0.5) is 5.69 Å². The lowest BCUT2D eigenvalue weighted by Crippen LogP contribution is -2.42. The summed E-state index contributed by atoms with van der Waals surface area (Å²) in [5, 5.41) is 19.5. The largest absolute Gasteiger partial charge is 0.504 e. The highest BCUT2D eigenvalue weighted by Gasteiger charge is 2.30. The maximum absolute atomic E-state index is 12.8. The van der Waals surface area contributed by atoms with Crippen LogP contribution in [0.1, 0.15) is 29.3 Å². The zero-order valence-corrected chi connectivity index (χ0v) is 11.8. The topological polar surface area (TPSA) is 60.8 Å². The van der Waals surface area contributed by atoms with E-state index >= 15 is 0 Å². The number of benzene rings is 2. The summed E-state index contributed by atoms with van der Waals surface area (Å²) in [5.74, 6) is -0.931. The van der Waals surface area contributed by atoms with Crippen molar-refractivity contribution in [2.24, 2.45) is 0 Å². The molecule has 1 aliphatic rings. The Kier molecular flexibility index (Phi) is 3.29. The van der Waals surface area contributed by atoms with Gasteiger partial charge in [0, 0.05) is 11.7 Å². The lowest BCUT2D eigenvalue weighted by Gasteiger charge is -2.35. The lowest BCUT2D eigenvalue weighted by atomic mass is 9.95. The summed E-state index contributed by atoms with van der Waals surface area (Å²) in [6.07, 6.45) is 1.81. The monoisotopic (exact) mass is 283 g/mol. The molecule has 1 amide bonds.